The van der Waals surface area contributed by atoms with E-state index in [2.05, 4.69) is 34.5 Å². The van der Waals surface area contributed by atoms with Gasteiger partial charge in [-0.2, -0.15) is 10.2 Å². The molecule has 2 heterocycles. The van der Waals surface area contributed by atoms with Crippen molar-refractivity contribution in [1.82, 2.24) is 20.0 Å². The van der Waals surface area contributed by atoms with E-state index in [-0.39, 0.29) is 5.91 Å². The molecule has 0 aliphatic heterocycles. The van der Waals surface area contributed by atoms with Gasteiger partial charge in [0.1, 0.15) is 5.69 Å². The van der Waals surface area contributed by atoms with E-state index >= 15 is 0 Å². The van der Waals surface area contributed by atoms with Crippen LogP contribution in [0, 0.1) is 13.8 Å². The van der Waals surface area contributed by atoms with E-state index in [0.717, 1.165) is 17.0 Å². The van der Waals surface area contributed by atoms with Gasteiger partial charge in [0.2, 0.25) is 0 Å². The molecule has 0 radical (unpaired) electrons. The SMILES string of the molecule is CCn1nc(C(C)C)cc1C(=O)Nc1n[nH]c(C)c1C. The van der Waals surface area contributed by atoms with Gasteiger partial charge >= 0.3 is 0 Å². The first-order valence-corrected chi connectivity index (χ1v) is 6.84. The minimum Gasteiger partial charge on any atom is -0.304 e. The summed E-state index contributed by atoms with van der Waals surface area (Å²) < 4.78 is 1.72. The minimum atomic E-state index is -0.180. The fourth-order valence-electron chi connectivity index (χ4n) is 1.92. The van der Waals surface area contributed by atoms with Gasteiger partial charge in [-0.15, -0.1) is 0 Å². The average molecular weight is 275 g/mol. The molecule has 0 atom stereocenters. The van der Waals surface area contributed by atoms with Crippen LogP contribution in [0.1, 0.15) is 54.1 Å². The third-order valence-corrected chi connectivity index (χ3v) is 3.41. The maximum atomic E-state index is 12.4. The van der Waals surface area contributed by atoms with Gasteiger partial charge in [-0.3, -0.25) is 14.6 Å². The number of rotatable bonds is 4. The fourth-order valence-corrected chi connectivity index (χ4v) is 1.92. The molecule has 108 valence electrons. The molecule has 0 aliphatic rings. The summed E-state index contributed by atoms with van der Waals surface area (Å²) in [6.45, 7) is 10.6. The van der Waals surface area contributed by atoms with E-state index in [1.807, 2.05) is 26.8 Å². The number of hydrogen-bond acceptors (Lipinski definition) is 3. The number of carbonyl (C=O) groups excluding carboxylic acids is 1. The van der Waals surface area contributed by atoms with Gasteiger partial charge in [-0.05, 0) is 32.8 Å². The van der Waals surface area contributed by atoms with Crippen molar-refractivity contribution in [3.8, 4) is 0 Å². The predicted octanol–water partition coefficient (Wildman–Crippen LogP) is 2.62. The monoisotopic (exact) mass is 275 g/mol. The average Bonchev–Trinajstić information content (AvgIpc) is 2.97. The summed E-state index contributed by atoms with van der Waals surface area (Å²) in [5.74, 6) is 0.687. The molecular formula is C14H21N5O. The normalized spacial score (nSPS) is 11.1. The van der Waals surface area contributed by atoms with E-state index in [1.54, 1.807) is 4.68 Å². The molecule has 2 rings (SSSR count). The molecule has 0 aromatic carbocycles. The zero-order valence-corrected chi connectivity index (χ0v) is 12.6. The fraction of sp³-hybridized carbons (Fsp3) is 0.500. The number of H-pyrrole nitrogens is 1. The number of aromatic nitrogens is 4. The molecule has 0 spiro atoms. The Morgan fingerprint density at radius 2 is 2.15 bits per heavy atom. The van der Waals surface area contributed by atoms with E-state index in [1.165, 1.54) is 0 Å². The van der Waals surface area contributed by atoms with Crippen LogP contribution in [0.2, 0.25) is 0 Å². The minimum absolute atomic E-state index is 0.180. The van der Waals surface area contributed by atoms with E-state index < -0.39 is 0 Å². The number of anilines is 1. The molecule has 6 nitrogen and oxygen atoms in total. The molecule has 0 saturated heterocycles. The third kappa shape index (κ3) is 2.59. The number of aryl methyl sites for hydroxylation is 2. The highest BCUT2D eigenvalue weighted by atomic mass is 16.2. The lowest BCUT2D eigenvalue weighted by Crippen LogP contribution is -2.18. The zero-order chi connectivity index (χ0) is 14.9. The van der Waals surface area contributed by atoms with E-state index in [9.17, 15) is 4.79 Å². The Balaban J connectivity index is 2.27. The van der Waals surface area contributed by atoms with Crippen molar-refractivity contribution in [2.24, 2.45) is 0 Å². The number of nitrogens with one attached hydrogen (secondary N) is 2. The molecule has 0 bridgehead atoms. The van der Waals surface area contributed by atoms with Crippen LogP contribution in [-0.2, 0) is 6.54 Å². The van der Waals surface area contributed by atoms with Crippen molar-refractivity contribution in [3.63, 3.8) is 0 Å². The van der Waals surface area contributed by atoms with Crippen LogP contribution in [0.5, 0.6) is 0 Å². The van der Waals surface area contributed by atoms with Crippen molar-refractivity contribution in [2.75, 3.05) is 5.32 Å². The second-order valence-corrected chi connectivity index (χ2v) is 5.20. The van der Waals surface area contributed by atoms with Gasteiger partial charge in [0.25, 0.3) is 5.91 Å². The summed E-state index contributed by atoms with van der Waals surface area (Å²) in [5, 5.41) is 14.2. The first kappa shape index (κ1) is 14.3. The maximum Gasteiger partial charge on any atom is 0.275 e. The zero-order valence-electron chi connectivity index (χ0n) is 12.6. The molecule has 1 amide bonds. The van der Waals surface area contributed by atoms with Crippen molar-refractivity contribution in [3.05, 3.63) is 28.7 Å². The molecule has 2 aromatic rings. The lowest BCUT2D eigenvalue weighted by molar-refractivity contribution is 0.101. The van der Waals surface area contributed by atoms with Gasteiger partial charge in [0.05, 0.1) is 5.69 Å². The van der Waals surface area contributed by atoms with Crippen LogP contribution in [0.25, 0.3) is 0 Å². The van der Waals surface area contributed by atoms with Gasteiger partial charge in [-0.25, -0.2) is 0 Å². The van der Waals surface area contributed by atoms with E-state index in [4.69, 9.17) is 0 Å². The van der Waals surface area contributed by atoms with Gasteiger partial charge in [0, 0.05) is 17.8 Å². The summed E-state index contributed by atoms with van der Waals surface area (Å²) in [7, 11) is 0. The van der Waals surface area contributed by atoms with E-state index in [0.29, 0.717) is 24.0 Å². The summed E-state index contributed by atoms with van der Waals surface area (Å²) in [5.41, 5.74) is 3.39. The molecule has 2 aromatic heterocycles. The molecule has 0 aliphatic carbocycles. The Bertz CT molecular complexity index is 624. The largest absolute Gasteiger partial charge is 0.304 e. The lowest BCUT2D eigenvalue weighted by atomic mass is 10.1. The molecule has 20 heavy (non-hydrogen) atoms. The van der Waals surface area contributed by atoms with Crippen molar-refractivity contribution in [2.45, 2.75) is 47.1 Å². The first-order chi connectivity index (χ1) is 9.43. The molecule has 0 fully saturated rings. The molecule has 2 N–H and O–H groups in total. The highest BCUT2D eigenvalue weighted by Gasteiger charge is 2.18. The Morgan fingerprint density at radius 3 is 2.65 bits per heavy atom. The predicted molar refractivity (Wildman–Crippen MR) is 78.0 cm³/mol. The second-order valence-electron chi connectivity index (χ2n) is 5.20. The quantitative estimate of drug-likeness (QED) is 0.900. The Hall–Kier alpha value is -2.11. The molecule has 0 saturated carbocycles. The van der Waals surface area contributed by atoms with Crippen LogP contribution >= 0.6 is 0 Å². The smallest absolute Gasteiger partial charge is 0.275 e. The molecule has 0 unspecified atom stereocenters. The standard InChI is InChI=1S/C14H21N5O/c1-6-19-12(7-11(18-19)8(2)3)14(20)15-13-9(4)10(5)16-17-13/h7-8H,6H2,1-5H3,(H2,15,16,17,20). The molecule has 6 heteroatoms. The van der Waals surface area contributed by atoms with Crippen LogP contribution in [-0.4, -0.2) is 25.9 Å². The van der Waals surface area contributed by atoms with Crippen LogP contribution < -0.4 is 5.32 Å². The second kappa shape index (κ2) is 5.48. The number of nitrogens with zero attached hydrogens (tertiary/aromatic N) is 3. The van der Waals surface area contributed by atoms with Gasteiger partial charge < -0.3 is 5.32 Å². The van der Waals surface area contributed by atoms with Gasteiger partial charge in [0.15, 0.2) is 5.82 Å². The number of aromatic amines is 1. The Morgan fingerprint density at radius 1 is 1.45 bits per heavy atom. The third-order valence-electron chi connectivity index (χ3n) is 3.41. The first-order valence-electron chi connectivity index (χ1n) is 6.84. The molecular weight excluding hydrogens is 254 g/mol. The summed E-state index contributed by atoms with van der Waals surface area (Å²) in [6, 6.07) is 1.85. The highest BCUT2D eigenvalue weighted by molar-refractivity contribution is 6.03. The van der Waals surface area contributed by atoms with Gasteiger partial charge in [-0.1, -0.05) is 13.8 Å². The number of amides is 1. The lowest BCUT2D eigenvalue weighted by Gasteiger charge is -2.05. The number of carbonyl (C=O) groups is 1. The van der Waals surface area contributed by atoms with Crippen molar-refractivity contribution in [1.29, 1.82) is 0 Å². The number of hydrogen-bond donors (Lipinski definition) is 2. The summed E-state index contributed by atoms with van der Waals surface area (Å²) in [4.78, 5) is 12.4. The van der Waals surface area contributed by atoms with Crippen LogP contribution in [0.4, 0.5) is 5.82 Å². The van der Waals surface area contributed by atoms with Crippen molar-refractivity contribution >= 4 is 11.7 Å². The van der Waals surface area contributed by atoms with Crippen LogP contribution in [0.3, 0.4) is 0 Å². The highest BCUT2D eigenvalue weighted by Crippen LogP contribution is 2.18. The Labute approximate surface area is 118 Å². The Kier molecular flexibility index (Phi) is 3.92. The topological polar surface area (TPSA) is 75.6 Å². The summed E-state index contributed by atoms with van der Waals surface area (Å²) >= 11 is 0. The van der Waals surface area contributed by atoms with Crippen molar-refractivity contribution < 1.29 is 4.79 Å². The maximum absolute atomic E-state index is 12.4. The van der Waals surface area contributed by atoms with Crippen LogP contribution in [0.15, 0.2) is 6.07 Å². The summed E-state index contributed by atoms with van der Waals surface area (Å²) in [6.07, 6.45) is 0.